The topological polar surface area (TPSA) is 90.9 Å². The zero-order chi connectivity index (χ0) is 19.7. The Kier molecular flexibility index (Phi) is 5.55. The third-order valence-electron chi connectivity index (χ3n) is 6.01. The van der Waals surface area contributed by atoms with Gasteiger partial charge in [-0.2, -0.15) is 0 Å². The Labute approximate surface area is 165 Å². The zero-order valence-electron chi connectivity index (χ0n) is 16.3. The molecule has 3 aliphatic heterocycles. The fourth-order valence-corrected chi connectivity index (χ4v) is 4.37. The second-order valence-corrected chi connectivity index (χ2v) is 8.12. The summed E-state index contributed by atoms with van der Waals surface area (Å²) < 4.78 is 5.78. The van der Waals surface area contributed by atoms with Gasteiger partial charge in [-0.05, 0) is 37.8 Å². The van der Waals surface area contributed by atoms with Crippen molar-refractivity contribution in [1.82, 2.24) is 10.2 Å². The van der Waals surface area contributed by atoms with Gasteiger partial charge in [0.2, 0.25) is 11.8 Å². The van der Waals surface area contributed by atoms with Crippen LogP contribution in [-0.4, -0.2) is 59.7 Å². The van der Waals surface area contributed by atoms with Crippen molar-refractivity contribution in [2.75, 3.05) is 25.0 Å². The maximum Gasteiger partial charge on any atom is 0.244 e. The third-order valence-corrected chi connectivity index (χ3v) is 6.01. The normalized spacial score (nSPS) is 26.9. The first kappa shape index (κ1) is 19.2. The Balaban J connectivity index is 1.31. The molecule has 2 bridgehead atoms. The van der Waals surface area contributed by atoms with Crippen molar-refractivity contribution in [2.24, 2.45) is 0 Å². The molecule has 7 heteroatoms. The van der Waals surface area contributed by atoms with Crippen LogP contribution >= 0.6 is 0 Å². The van der Waals surface area contributed by atoms with Crippen molar-refractivity contribution in [1.29, 1.82) is 0 Å². The highest BCUT2D eigenvalue weighted by Gasteiger charge is 2.36. The maximum absolute atomic E-state index is 12.3. The minimum atomic E-state index is -0.475. The van der Waals surface area contributed by atoms with Crippen LogP contribution in [0, 0.1) is 0 Å². The number of benzene rings is 1. The molecule has 2 saturated heterocycles. The van der Waals surface area contributed by atoms with E-state index in [-0.39, 0.29) is 24.0 Å². The van der Waals surface area contributed by atoms with E-state index in [2.05, 4.69) is 16.7 Å². The smallest absolute Gasteiger partial charge is 0.244 e. The van der Waals surface area contributed by atoms with Crippen molar-refractivity contribution in [3.63, 3.8) is 0 Å². The van der Waals surface area contributed by atoms with Gasteiger partial charge in [-0.15, -0.1) is 0 Å². The molecule has 3 aliphatic rings. The number of hydrogen-bond acceptors (Lipinski definition) is 5. The summed E-state index contributed by atoms with van der Waals surface area (Å²) in [6, 6.07) is 5.66. The van der Waals surface area contributed by atoms with Crippen LogP contribution in [0.2, 0.25) is 0 Å². The van der Waals surface area contributed by atoms with Crippen LogP contribution in [0.5, 0.6) is 0 Å². The lowest BCUT2D eigenvalue weighted by molar-refractivity contribution is -0.135. The number of carbonyl (C=O) groups excluding carboxylic acids is 2. The molecule has 2 amide bonds. The van der Waals surface area contributed by atoms with E-state index in [9.17, 15) is 14.7 Å². The number of fused-ring (bicyclic) bond motifs is 4. The Morgan fingerprint density at radius 1 is 1.36 bits per heavy atom. The van der Waals surface area contributed by atoms with Crippen LogP contribution < -0.4 is 10.6 Å². The average molecular weight is 387 g/mol. The number of aryl methyl sites for hydroxylation is 1. The summed E-state index contributed by atoms with van der Waals surface area (Å²) >= 11 is 0. The van der Waals surface area contributed by atoms with Crippen LogP contribution in [0.4, 0.5) is 5.69 Å². The number of carbonyl (C=O) groups is 2. The highest BCUT2D eigenvalue weighted by atomic mass is 16.5. The molecule has 1 unspecified atom stereocenters. The van der Waals surface area contributed by atoms with Gasteiger partial charge in [-0.25, -0.2) is 0 Å². The van der Waals surface area contributed by atoms with E-state index in [4.69, 9.17) is 4.74 Å². The van der Waals surface area contributed by atoms with Crippen LogP contribution in [0.1, 0.15) is 49.8 Å². The SMILES string of the molecule is C[C@@H](NC(=O)CCc1ccc2c(c1)[C@H]1CC(N2)[C@H](O)CO1)C(=O)N1CCCC1. The molecular formula is C21H29N3O4. The minimum absolute atomic E-state index is 0.00321. The van der Waals surface area contributed by atoms with Crippen LogP contribution in [-0.2, 0) is 20.7 Å². The number of anilines is 1. The minimum Gasteiger partial charge on any atom is -0.389 e. The molecule has 0 saturated carbocycles. The molecule has 0 aromatic heterocycles. The molecular weight excluding hydrogens is 358 g/mol. The second-order valence-electron chi connectivity index (χ2n) is 8.12. The molecule has 28 heavy (non-hydrogen) atoms. The fraction of sp³-hybridized carbons (Fsp3) is 0.619. The summed E-state index contributed by atoms with van der Waals surface area (Å²) in [5.74, 6) is -0.0927. The molecule has 0 spiro atoms. The monoisotopic (exact) mass is 387 g/mol. The third kappa shape index (κ3) is 4.00. The number of rotatable bonds is 5. The lowest BCUT2D eigenvalue weighted by Gasteiger charge is -2.40. The van der Waals surface area contributed by atoms with Crippen molar-refractivity contribution in [2.45, 2.75) is 63.3 Å². The number of aliphatic hydroxyl groups is 1. The summed E-state index contributed by atoms with van der Waals surface area (Å²) in [6.07, 6.45) is 3.33. The number of ether oxygens (including phenoxy) is 1. The Morgan fingerprint density at radius 3 is 2.93 bits per heavy atom. The molecule has 3 heterocycles. The van der Waals surface area contributed by atoms with Crippen molar-refractivity contribution in [3.8, 4) is 0 Å². The summed E-state index contributed by atoms with van der Waals surface area (Å²) in [7, 11) is 0. The lowest BCUT2D eigenvalue weighted by atomic mass is 9.88. The predicted molar refractivity (Wildman–Crippen MR) is 105 cm³/mol. The van der Waals surface area contributed by atoms with Gasteiger partial charge in [0.15, 0.2) is 0 Å². The molecule has 0 aliphatic carbocycles. The number of nitrogens with zero attached hydrogens (tertiary/aromatic N) is 1. The molecule has 7 nitrogen and oxygen atoms in total. The van der Waals surface area contributed by atoms with Crippen LogP contribution in [0.25, 0.3) is 0 Å². The van der Waals surface area contributed by atoms with Gasteiger partial charge in [0.25, 0.3) is 0 Å². The summed E-state index contributed by atoms with van der Waals surface area (Å²) in [5, 5.41) is 16.2. The van der Waals surface area contributed by atoms with E-state index in [0.717, 1.165) is 49.2 Å². The molecule has 0 radical (unpaired) electrons. The van der Waals surface area contributed by atoms with E-state index in [1.54, 1.807) is 6.92 Å². The number of nitrogens with one attached hydrogen (secondary N) is 2. The van der Waals surface area contributed by atoms with Gasteiger partial charge in [-0.1, -0.05) is 12.1 Å². The van der Waals surface area contributed by atoms with Crippen LogP contribution in [0.3, 0.4) is 0 Å². The zero-order valence-corrected chi connectivity index (χ0v) is 16.3. The standard InChI is InChI=1S/C21H29N3O4/c1-13(21(27)24-8-2-3-9-24)22-20(26)7-5-14-4-6-16-15(10-14)19-11-17(23-16)18(25)12-28-19/h4,6,10,13,17-19,23,25H,2-3,5,7-9,11-12H2,1H3,(H,22,26)/t13-,17?,18-,19-/m1/s1. The highest BCUT2D eigenvalue weighted by Crippen LogP contribution is 2.39. The number of aliphatic hydroxyl groups excluding tert-OH is 1. The molecule has 4 rings (SSSR count). The summed E-state index contributed by atoms with van der Waals surface area (Å²) in [6.45, 7) is 3.69. The van der Waals surface area contributed by atoms with Crippen molar-refractivity contribution < 1.29 is 19.4 Å². The number of amides is 2. The van der Waals surface area contributed by atoms with Gasteiger partial charge in [0.1, 0.15) is 6.04 Å². The molecule has 1 aromatic carbocycles. The van der Waals surface area contributed by atoms with E-state index >= 15 is 0 Å². The number of likely N-dealkylation sites (tertiary alicyclic amines) is 1. The fourth-order valence-electron chi connectivity index (χ4n) is 4.37. The van der Waals surface area contributed by atoms with Crippen molar-refractivity contribution >= 4 is 17.5 Å². The quantitative estimate of drug-likeness (QED) is 0.710. The van der Waals surface area contributed by atoms with Gasteiger partial charge >= 0.3 is 0 Å². The van der Waals surface area contributed by atoms with E-state index < -0.39 is 12.1 Å². The second kappa shape index (κ2) is 8.09. The highest BCUT2D eigenvalue weighted by molar-refractivity contribution is 5.87. The molecule has 3 N–H and O–H groups in total. The Morgan fingerprint density at radius 2 is 2.14 bits per heavy atom. The van der Waals surface area contributed by atoms with Gasteiger partial charge in [0, 0.05) is 37.2 Å². The van der Waals surface area contributed by atoms with E-state index in [1.807, 2.05) is 17.0 Å². The predicted octanol–water partition coefficient (Wildman–Crippen LogP) is 1.36. The maximum atomic E-state index is 12.3. The first-order valence-corrected chi connectivity index (χ1v) is 10.3. The average Bonchev–Trinajstić information content (AvgIpc) is 3.23. The van der Waals surface area contributed by atoms with E-state index in [1.165, 1.54) is 0 Å². The van der Waals surface area contributed by atoms with E-state index in [0.29, 0.717) is 19.4 Å². The van der Waals surface area contributed by atoms with Gasteiger partial charge in [0.05, 0.1) is 24.9 Å². The lowest BCUT2D eigenvalue weighted by Crippen LogP contribution is -2.46. The summed E-state index contributed by atoms with van der Waals surface area (Å²) in [5.41, 5.74) is 3.17. The Bertz CT molecular complexity index is 747. The largest absolute Gasteiger partial charge is 0.389 e. The molecule has 2 fully saturated rings. The Hall–Kier alpha value is -2.12. The molecule has 1 aromatic rings. The van der Waals surface area contributed by atoms with Gasteiger partial charge < -0.3 is 25.4 Å². The van der Waals surface area contributed by atoms with Crippen LogP contribution in [0.15, 0.2) is 18.2 Å². The number of hydrogen-bond donors (Lipinski definition) is 3. The first-order valence-electron chi connectivity index (χ1n) is 10.3. The van der Waals surface area contributed by atoms with Gasteiger partial charge in [-0.3, -0.25) is 9.59 Å². The van der Waals surface area contributed by atoms with Crippen molar-refractivity contribution in [3.05, 3.63) is 29.3 Å². The summed E-state index contributed by atoms with van der Waals surface area (Å²) in [4.78, 5) is 26.4. The molecule has 152 valence electrons. The first-order chi connectivity index (χ1) is 13.5. The molecule has 4 atom stereocenters.